The van der Waals surface area contributed by atoms with Crippen LogP contribution in [0.1, 0.15) is 64.7 Å². The number of fused-ring (bicyclic) bond motifs is 1. The molecule has 0 heterocycles. The highest BCUT2D eigenvalue weighted by Gasteiger charge is 2.35. The Morgan fingerprint density at radius 1 is 1.06 bits per heavy atom. The Bertz CT molecular complexity index is 264. The number of rotatable bonds is 4. The van der Waals surface area contributed by atoms with Crippen LogP contribution in [-0.2, 0) is 4.79 Å². The fourth-order valence-corrected chi connectivity index (χ4v) is 4.22. The fraction of sp³-hybridized carbons (Fsp3) is 0.933. The molecular formula is C15H27NO. The minimum Gasteiger partial charge on any atom is -0.370 e. The number of carbonyl (C=O) groups excluding carboxylic acids is 1. The average Bonchev–Trinajstić information content (AvgIpc) is 2.29. The zero-order chi connectivity index (χ0) is 12.3. The molecule has 2 aliphatic rings. The Labute approximate surface area is 105 Å². The molecule has 2 fully saturated rings. The molecule has 1 amide bonds. The summed E-state index contributed by atoms with van der Waals surface area (Å²) in [7, 11) is 0. The van der Waals surface area contributed by atoms with Crippen molar-refractivity contribution in [1.29, 1.82) is 0 Å². The zero-order valence-corrected chi connectivity index (χ0v) is 11.2. The highest BCUT2D eigenvalue weighted by Crippen LogP contribution is 2.46. The number of primary amides is 1. The molecule has 4 unspecified atom stereocenters. The van der Waals surface area contributed by atoms with Crippen molar-refractivity contribution in [3.8, 4) is 0 Å². The van der Waals surface area contributed by atoms with Crippen LogP contribution in [0.5, 0.6) is 0 Å². The number of carbonyl (C=O) groups is 1. The van der Waals surface area contributed by atoms with E-state index in [0.29, 0.717) is 12.3 Å². The third-order valence-electron chi connectivity index (χ3n) is 5.02. The van der Waals surface area contributed by atoms with Gasteiger partial charge in [-0.25, -0.2) is 0 Å². The first-order chi connectivity index (χ1) is 8.19. The molecule has 98 valence electrons. The van der Waals surface area contributed by atoms with Crippen molar-refractivity contribution in [2.75, 3.05) is 0 Å². The summed E-state index contributed by atoms with van der Waals surface area (Å²) in [5.41, 5.74) is 5.31. The van der Waals surface area contributed by atoms with Gasteiger partial charge in [-0.05, 0) is 55.8 Å². The molecule has 0 aliphatic heterocycles. The lowest BCUT2D eigenvalue weighted by molar-refractivity contribution is -0.119. The molecular weight excluding hydrogens is 210 g/mol. The third kappa shape index (κ3) is 3.46. The normalized spacial score (nSPS) is 37.5. The van der Waals surface area contributed by atoms with Crippen molar-refractivity contribution in [3.63, 3.8) is 0 Å². The van der Waals surface area contributed by atoms with Gasteiger partial charge < -0.3 is 5.73 Å². The molecule has 0 spiro atoms. The van der Waals surface area contributed by atoms with Crippen LogP contribution in [0.3, 0.4) is 0 Å². The smallest absolute Gasteiger partial charge is 0.217 e. The van der Waals surface area contributed by atoms with E-state index >= 15 is 0 Å². The molecule has 17 heavy (non-hydrogen) atoms. The molecule has 0 aromatic heterocycles. The Hall–Kier alpha value is -0.530. The van der Waals surface area contributed by atoms with Crippen molar-refractivity contribution in [2.24, 2.45) is 29.4 Å². The zero-order valence-electron chi connectivity index (χ0n) is 11.2. The Kier molecular flexibility index (Phi) is 4.47. The molecule has 2 rings (SSSR count). The number of amides is 1. The monoisotopic (exact) mass is 237 g/mol. The maximum absolute atomic E-state index is 11.0. The van der Waals surface area contributed by atoms with Gasteiger partial charge in [0.1, 0.15) is 0 Å². The van der Waals surface area contributed by atoms with E-state index in [1.807, 2.05) is 0 Å². The van der Waals surface area contributed by atoms with Crippen LogP contribution < -0.4 is 5.73 Å². The summed E-state index contributed by atoms with van der Waals surface area (Å²) in [6.45, 7) is 2.30. The second-order valence-electron chi connectivity index (χ2n) is 6.34. The van der Waals surface area contributed by atoms with Crippen molar-refractivity contribution in [2.45, 2.75) is 64.7 Å². The van der Waals surface area contributed by atoms with Gasteiger partial charge in [-0.2, -0.15) is 0 Å². The number of hydrogen-bond donors (Lipinski definition) is 1. The lowest BCUT2D eigenvalue weighted by Gasteiger charge is -2.42. The van der Waals surface area contributed by atoms with E-state index in [-0.39, 0.29) is 5.91 Å². The Balaban J connectivity index is 1.82. The summed E-state index contributed by atoms with van der Waals surface area (Å²) >= 11 is 0. The van der Waals surface area contributed by atoms with Gasteiger partial charge in [0.05, 0.1) is 0 Å². The molecule has 0 aromatic rings. The fourth-order valence-electron chi connectivity index (χ4n) is 4.22. The van der Waals surface area contributed by atoms with Crippen LogP contribution in [0.25, 0.3) is 0 Å². The first-order valence-corrected chi connectivity index (χ1v) is 7.47. The molecule has 2 nitrogen and oxygen atoms in total. The minimum absolute atomic E-state index is 0.104. The topological polar surface area (TPSA) is 43.1 Å². The standard InChI is InChI=1S/C15H27NO/c1-2-3-11-4-6-14-9-12(10-15(16)17)5-7-13(14)8-11/h11-14H,2-10H2,1H3,(H2,16,17). The molecule has 0 radical (unpaired) electrons. The summed E-state index contributed by atoms with van der Waals surface area (Å²) in [5.74, 6) is 3.35. The highest BCUT2D eigenvalue weighted by molar-refractivity contribution is 5.73. The molecule has 2 N–H and O–H groups in total. The molecule has 2 heteroatoms. The second-order valence-corrected chi connectivity index (χ2v) is 6.34. The Morgan fingerprint density at radius 3 is 2.24 bits per heavy atom. The highest BCUT2D eigenvalue weighted by atomic mass is 16.1. The third-order valence-corrected chi connectivity index (χ3v) is 5.02. The molecule has 0 bridgehead atoms. The van der Waals surface area contributed by atoms with Gasteiger partial charge in [0.2, 0.25) is 5.91 Å². The first-order valence-electron chi connectivity index (χ1n) is 7.47. The van der Waals surface area contributed by atoms with E-state index in [4.69, 9.17) is 5.73 Å². The molecule has 2 aliphatic carbocycles. The van der Waals surface area contributed by atoms with Gasteiger partial charge >= 0.3 is 0 Å². The van der Waals surface area contributed by atoms with E-state index in [9.17, 15) is 4.79 Å². The van der Waals surface area contributed by atoms with Gasteiger partial charge in [0.15, 0.2) is 0 Å². The number of hydrogen-bond acceptors (Lipinski definition) is 1. The lowest BCUT2D eigenvalue weighted by atomic mass is 9.64. The quantitative estimate of drug-likeness (QED) is 0.799. The van der Waals surface area contributed by atoms with E-state index in [2.05, 4.69) is 6.92 Å². The van der Waals surface area contributed by atoms with Crippen molar-refractivity contribution >= 4 is 5.91 Å². The van der Waals surface area contributed by atoms with Crippen LogP contribution >= 0.6 is 0 Å². The van der Waals surface area contributed by atoms with Crippen LogP contribution in [0.2, 0.25) is 0 Å². The van der Waals surface area contributed by atoms with Crippen LogP contribution in [0.15, 0.2) is 0 Å². The SMILES string of the molecule is CCCC1CCC2CC(CC(N)=O)CCC2C1. The maximum atomic E-state index is 11.0. The van der Waals surface area contributed by atoms with Crippen molar-refractivity contribution in [3.05, 3.63) is 0 Å². The second kappa shape index (κ2) is 5.88. The van der Waals surface area contributed by atoms with Crippen molar-refractivity contribution < 1.29 is 4.79 Å². The van der Waals surface area contributed by atoms with Crippen LogP contribution in [0.4, 0.5) is 0 Å². The van der Waals surface area contributed by atoms with Gasteiger partial charge in [-0.1, -0.05) is 26.2 Å². The summed E-state index contributed by atoms with van der Waals surface area (Å²) in [6, 6.07) is 0. The Morgan fingerprint density at radius 2 is 1.65 bits per heavy atom. The summed E-state index contributed by atoms with van der Waals surface area (Å²) < 4.78 is 0. The average molecular weight is 237 g/mol. The van der Waals surface area contributed by atoms with Gasteiger partial charge in [-0.15, -0.1) is 0 Å². The summed E-state index contributed by atoms with van der Waals surface area (Å²) in [6.07, 6.45) is 11.5. The molecule has 2 saturated carbocycles. The van der Waals surface area contributed by atoms with E-state index < -0.39 is 0 Å². The van der Waals surface area contributed by atoms with Gasteiger partial charge in [-0.3, -0.25) is 4.79 Å². The lowest BCUT2D eigenvalue weighted by Crippen LogP contribution is -2.32. The van der Waals surface area contributed by atoms with Crippen molar-refractivity contribution in [1.82, 2.24) is 0 Å². The van der Waals surface area contributed by atoms with E-state index in [1.165, 1.54) is 51.4 Å². The van der Waals surface area contributed by atoms with Gasteiger partial charge in [0, 0.05) is 6.42 Å². The number of nitrogens with two attached hydrogens (primary N) is 1. The molecule has 0 saturated heterocycles. The van der Waals surface area contributed by atoms with Gasteiger partial charge in [0.25, 0.3) is 0 Å². The summed E-state index contributed by atoms with van der Waals surface area (Å²) in [5, 5.41) is 0. The molecule has 4 atom stereocenters. The predicted octanol–water partition coefficient (Wildman–Crippen LogP) is 3.49. The largest absolute Gasteiger partial charge is 0.370 e. The van der Waals surface area contributed by atoms with Crippen LogP contribution in [-0.4, -0.2) is 5.91 Å². The molecule has 0 aromatic carbocycles. The minimum atomic E-state index is -0.104. The predicted molar refractivity (Wildman–Crippen MR) is 70.4 cm³/mol. The van der Waals surface area contributed by atoms with Crippen LogP contribution in [0, 0.1) is 23.7 Å². The van der Waals surface area contributed by atoms with E-state index in [0.717, 1.165) is 17.8 Å². The maximum Gasteiger partial charge on any atom is 0.217 e. The first kappa shape index (κ1) is 12.9. The summed E-state index contributed by atoms with van der Waals surface area (Å²) in [4.78, 5) is 11.0. The van der Waals surface area contributed by atoms with E-state index in [1.54, 1.807) is 0 Å².